The highest BCUT2D eigenvalue weighted by molar-refractivity contribution is 5.94. The molecule has 4 N–H and O–H groups in total. The van der Waals surface area contributed by atoms with E-state index in [2.05, 4.69) is 15.7 Å². The molecule has 19 heavy (non-hydrogen) atoms. The van der Waals surface area contributed by atoms with Crippen molar-refractivity contribution < 1.29 is 9.53 Å². The largest absolute Gasteiger partial charge is 0.381 e. The van der Waals surface area contributed by atoms with Gasteiger partial charge in [-0.2, -0.15) is 0 Å². The topological polar surface area (TPSA) is 89.3 Å². The third-order valence-electron chi connectivity index (χ3n) is 3.26. The number of nitrogen functional groups attached to an aromatic ring is 1. The molecular weight excluding hydrogens is 244 g/mol. The maximum Gasteiger partial charge on any atom is 0.251 e. The number of aryl methyl sites for hydroxylation is 1. The lowest BCUT2D eigenvalue weighted by Crippen LogP contribution is -2.32. The number of nitrogens with one attached hydrogen (secondary N) is 2. The molecule has 1 fully saturated rings. The fourth-order valence-electron chi connectivity index (χ4n) is 2.16. The minimum Gasteiger partial charge on any atom is -0.381 e. The fourth-order valence-corrected chi connectivity index (χ4v) is 2.16. The van der Waals surface area contributed by atoms with Crippen molar-refractivity contribution in [3.63, 3.8) is 0 Å². The minimum atomic E-state index is -0.0894. The van der Waals surface area contributed by atoms with E-state index in [-0.39, 0.29) is 5.91 Å². The quantitative estimate of drug-likeness (QED) is 0.553. The molecule has 0 aliphatic carbocycles. The third kappa shape index (κ3) is 3.90. The van der Waals surface area contributed by atoms with Crippen molar-refractivity contribution in [1.82, 2.24) is 10.3 Å². The summed E-state index contributed by atoms with van der Waals surface area (Å²) in [6, 6.07) is 3.40. The number of carbonyl (C=O) groups is 1. The molecule has 0 atom stereocenters. The standard InChI is InChI=1S/C13H20N4O2/c1-9-6-11(7-12(16-9)17-14)13(18)15-8-10-2-4-19-5-3-10/h6-7,10H,2-5,8,14H2,1H3,(H,15,18)(H,16,17). The molecule has 0 spiro atoms. The van der Waals surface area contributed by atoms with E-state index in [1.54, 1.807) is 12.1 Å². The molecule has 1 aliphatic heterocycles. The maximum atomic E-state index is 12.1. The smallest absolute Gasteiger partial charge is 0.251 e. The molecule has 2 heterocycles. The van der Waals surface area contributed by atoms with E-state index >= 15 is 0 Å². The first-order valence-corrected chi connectivity index (χ1v) is 6.50. The first-order chi connectivity index (χ1) is 9.19. The minimum absolute atomic E-state index is 0.0894. The van der Waals surface area contributed by atoms with Gasteiger partial charge in [-0.25, -0.2) is 10.8 Å². The van der Waals surface area contributed by atoms with Crippen LogP contribution in [0.25, 0.3) is 0 Å². The Balaban J connectivity index is 1.93. The summed E-state index contributed by atoms with van der Waals surface area (Å²) in [6.07, 6.45) is 2.01. The second-order valence-corrected chi connectivity index (χ2v) is 4.79. The van der Waals surface area contributed by atoms with E-state index in [1.165, 1.54) is 0 Å². The number of hydrazine groups is 1. The Bertz CT molecular complexity index is 444. The van der Waals surface area contributed by atoms with Crippen molar-refractivity contribution in [2.75, 3.05) is 25.2 Å². The maximum absolute atomic E-state index is 12.1. The van der Waals surface area contributed by atoms with Crippen LogP contribution >= 0.6 is 0 Å². The van der Waals surface area contributed by atoms with Gasteiger partial charge in [0.1, 0.15) is 5.82 Å². The number of nitrogens with two attached hydrogens (primary N) is 1. The van der Waals surface area contributed by atoms with Crippen LogP contribution in [-0.4, -0.2) is 30.6 Å². The molecule has 1 saturated heterocycles. The number of hydrogen-bond acceptors (Lipinski definition) is 5. The van der Waals surface area contributed by atoms with Gasteiger partial charge < -0.3 is 15.5 Å². The predicted molar refractivity (Wildman–Crippen MR) is 72.7 cm³/mol. The Morgan fingerprint density at radius 2 is 2.21 bits per heavy atom. The van der Waals surface area contributed by atoms with E-state index < -0.39 is 0 Å². The van der Waals surface area contributed by atoms with E-state index in [0.717, 1.165) is 31.7 Å². The lowest BCUT2D eigenvalue weighted by atomic mass is 10.0. The number of anilines is 1. The third-order valence-corrected chi connectivity index (χ3v) is 3.26. The average molecular weight is 264 g/mol. The fraction of sp³-hybridized carbons (Fsp3) is 0.538. The number of pyridine rings is 1. The lowest BCUT2D eigenvalue weighted by Gasteiger charge is -2.22. The molecule has 1 amide bonds. The molecule has 0 unspecified atom stereocenters. The van der Waals surface area contributed by atoms with Crippen LogP contribution < -0.4 is 16.6 Å². The van der Waals surface area contributed by atoms with Crippen LogP contribution in [0.1, 0.15) is 28.9 Å². The highest BCUT2D eigenvalue weighted by Crippen LogP contribution is 2.14. The number of ether oxygens (including phenoxy) is 1. The zero-order valence-corrected chi connectivity index (χ0v) is 11.1. The molecule has 6 nitrogen and oxygen atoms in total. The Morgan fingerprint density at radius 1 is 1.47 bits per heavy atom. The summed E-state index contributed by atoms with van der Waals surface area (Å²) in [6.45, 7) is 4.09. The molecule has 1 aliphatic rings. The van der Waals surface area contributed by atoms with Gasteiger partial charge >= 0.3 is 0 Å². The van der Waals surface area contributed by atoms with Crippen LogP contribution in [0.3, 0.4) is 0 Å². The van der Waals surface area contributed by atoms with Crippen molar-refractivity contribution in [3.8, 4) is 0 Å². The van der Waals surface area contributed by atoms with Crippen LogP contribution in [-0.2, 0) is 4.74 Å². The van der Waals surface area contributed by atoms with Gasteiger partial charge in [-0.15, -0.1) is 0 Å². The summed E-state index contributed by atoms with van der Waals surface area (Å²) in [5.41, 5.74) is 3.79. The summed E-state index contributed by atoms with van der Waals surface area (Å²) in [7, 11) is 0. The van der Waals surface area contributed by atoms with E-state index in [1.807, 2.05) is 6.92 Å². The molecular formula is C13H20N4O2. The molecule has 0 radical (unpaired) electrons. The van der Waals surface area contributed by atoms with Crippen molar-refractivity contribution in [2.24, 2.45) is 11.8 Å². The Morgan fingerprint density at radius 3 is 2.89 bits per heavy atom. The molecule has 0 bridgehead atoms. The highest BCUT2D eigenvalue weighted by atomic mass is 16.5. The van der Waals surface area contributed by atoms with E-state index in [4.69, 9.17) is 10.6 Å². The van der Waals surface area contributed by atoms with Crippen molar-refractivity contribution in [2.45, 2.75) is 19.8 Å². The number of amides is 1. The van der Waals surface area contributed by atoms with Gasteiger partial charge in [0.15, 0.2) is 0 Å². The van der Waals surface area contributed by atoms with Crippen LogP contribution in [0.5, 0.6) is 0 Å². The summed E-state index contributed by atoms with van der Waals surface area (Å²) < 4.78 is 5.29. The average Bonchev–Trinajstić information content (AvgIpc) is 2.45. The van der Waals surface area contributed by atoms with Gasteiger partial charge in [0.05, 0.1) is 0 Å². The number of aromatic nitrogens is 1. The Labute approximate surface area is 112 Å². The van der Waals surface area contributed by atoms with Crippen LogP contribution in [0, 0.1) is 12.8 Å². The molecule has 104 valence electrons. The summed E-state index contributed by atoms with van der Waals surface area (Å²) >= 11 is 0. The molecule has 6 heteroatoms. The second kappa shape index (κ2) is 6.49. The number of rotatable bonds is 4. The first-order valence-electron chi connectivity index (χ1n) is 6.50. The molecule has 2 rings (SSSR count). The number of nitrogens with zero attached hydrogens (tertiary/aromatic N) is 1. The SMILES string of the molecule is Cc1cc(C(=O)NCC2CCOCC2)cc(NN)n1. The summed E-state index contributed by atoms with van der Waals surface area (Å²) in [5, 5.41) is 2.96. The first kappa shape index (κ1) is 13.8. The number of carbonyl (C=O) groups excluding carboxylic acids is 1. The molecule has 0 aromatic carbocycles. The second-order valence-electron chi connectivity index (χ2n) is 4.79. The molecule has 1 aromatic rings. The molecule has 0 saturated carbocycles. The normalized spacial score (nSPS) is 16.1. The zero-order valence-electron chi connectivity index (χ0n) is 11.1. The number of hydrogen-bond donors (Lipinski definition) is 3. The zero-order chi connectivity index (χ0) is 13.7. The van der Waals surface area contributed by atoms with E-state index in [0.29, 0.717) is 23.8 Å². The Hall–Kier alpha value is -1.66. The summed E-state index contributed by atoms with van der Waals surface area (Å²) in [5.74, 6) is 6.23. The lowest BCUT2D eigenvalue weighted by molar-refractivity contribution is 0.0642. The van der Waals surface area contributed by atoms with Crippen molar-refractivity contribution in [3.05, 3.63) is 23.4 Å². The van der Waals surface area contributed by atoms with Gasteiger partial charge in [0.25, 0.3) is 5.91 Å². The van der Waals surface area contributed by atoms with Gasteiger partial charge in [-0.3, -0.25) is 4.79 Å². The van der Waals surface area contributed by atoms with Gasteiger partial charge in [0.2, 0.25) is 0 Å². The molecule has 1 aromatic heterocycles. The van der Waals surface area contributed by atoms with Gasteiger partial charge in [0, 0.05) is 31.0 Å². The van der Waals surface area contributed by atoms with Gasteiger partial charge in [-0.05, 0) is 37.8 Å². The predicted octanol–water partition coefficient (Wildman–Crippen LogP) is 0.832. The van der Waals surface area contributed by atoms with Crippen LogP contribution in [0.2, 0.25) is 0 Å². The van der Waals surface area contributed by atoms with Crippen molar-refractivity contribution >= 4 is 11.7 Å². The van der Waals surface area contributed by atoms with Gasteiger partial charge in [-0.1, -0.05) is 0 Å². The summed E-state index contributed by atoms with van der Waals surface area (Å²) in [4.78, 5) is 16.2. The van der Waals surface area contributed by atoms with Crippen LogP contribution in [0.15, 0.2) is 12.1 Å². The highest BCUT2D eigenvalue weighted by Gasteiger charge is 2.15. The Kier molecular flexibility index (Phi) is 4.70. The van der Waals surface area contributed by atoms with Crippen LogP contribution in [0.4, 0.5) is 5.82 Å². The monoisotopic (exact) mass is 264 g/mol. The van der Waals surface area contributed by atoms with Crippen molar-refractivity contribution in [1.29, 1.82) is 0 Å². The van der Waals surface area contributed by atoms with E-state index in [9.17, 15) is 4.79 Å².